The smallest absolute Gasteiger partial charge is 0.224 e. The number of benzene rings is 1. The standard InChI is InChI=1S/C19H24N4OS.ClH/c1-23-9-8-20-19(23)25-17-5-3-2-4-16(17)22-18(24)12-13-10-14-6-7-15(11-13)21-14;/h2-5,8-9,13-15,21H,6-7,10-12H2,1H3,(H,22,24);1H. The van der Waals surface area contributed by atoms with Crippen molar-refractivity contribution in [2.24, 2.45) is 13.0 Å². The summed E-state index contributed by atoms with van der Waals surface area (Å²) in [5.41, 5.74) is 0.873. The minimum Gasteiger partial charge on any atom is -0.329 e. The molecule has 0 radical (unpaired) electrons. The van der Waals surface area contributed by atoms with E-state index in [0.29, 0.717) is 24.4 Å². The fourth-order valence-electron chi connectivity index (χ4n) is 4.01. The van der Waals surface area contributed by atoms with Crippen molar-refractivity contribution in [3.8, 4) is 0 Å². The van der Waals surface area contributed by atoms with Crippen LogP contribution in [0.5, 0.6) is 0 Å². The van der Waals surface area contributed by atoms with Gasteiger partial charge >= 0.3 is 0 Å². The third-order valence-electron chi connectivity index (χ3n) is 5.18. The van der Waals surface area contributed by atoms with Crippen LogP contribution in [0.4, 0.5) is 5.69 Å². The van der Waals surface area contributed by atoms with Crippen molar-refractivity contribution in [3.63, 3.8) is 0 Å². The first-order valence-corrected chi connectivity index (χ1v) is 9.79. The molecule has 2 aromatic rings. The molecule has 140 valence electrons. The van der Waals surface area contributed by atoms with Crippen molar-refractivity contribution in [2.45, 2.75) is 54.2 Å². The summed E-state index contributed by atoms with van der Waals surface area (Å²) in [6.45, 7) is 0. The number of fused-ring (bicyclic) bond motifs is 2. The van der Waals surface area contributed by atoms with E-state index >= 15 is 0 Å². The molecular weight excluding hydrogens is 368 g/mol. The average molecular weight is 393 g/mol. The van der Waals surface area contributed by atoms with Gasteiger partial charge in [-0.3, -0.25) is 4.79 Å². The minimum absolute atomic E-state index is 0. The van der Waals surface area contributed by atoms with Crippen LogP contribution in [0.1, 0.15) is 32.1 Å². The summed E-state index contributed by atoms with van der Waals surface area (Å²) >= 11 is 1.57. The van der Waals surface area contributed by atoms with Crippen LogP contribution in [0.3, 0.4) is 0 Å². The molecule has 2 atom stereocenters. The zero-order valence-corrected chi connectivity index (χ0v) is 16.5. The van der Waals surface area contributed by atoms with Gasteiger partial charge in [0.1, 0.15) is 0 Å². The molecule has 4 rings (SSSR count). The number of piperidine rings is 1. The number of hydrogen-bond donors (Lipinski definition) is 2. The van der Waals surface area contributed by atoms with Gasteiger partial charge in [0.25, 0.3) is 0 Å². The maximum absolute atomic E-state index is 12.6. The number of carbonyl (C=O) groups is 1. The molecule has 7 heteroatoms. The SMILES string of the molecule is Cl.Cn1ccnc1Sc1ccccc1NC(=O)CC1CC2CCC(C1)N2. The maximum Gasteiger partial charge on any atom is 0.224 e. The lowest BCUT2D eigenvalue weighted by Gasteiger charge is -2.28. The van der Waals surface area contributed by atoms with Crippen LogP contribution in [-0.4, -0.2) is 27.5 Å². The van der Waals surface area contributed by atoms with Crippen LogP contribution in [0.15, 0.2) is 46.7 Å². The van der Waals surface area contributed by atoms with Gasteiger partial charge < -0.3 is 15.2 Å². The lowest BCUT2D eigenvalue weighted by molar-refractivity contribution is -0.117. The number of rotatable bonds is 5. The van der Waals surface area contributed by atoms with Gasteiger partial charge in [-0.05, 0) is 55.5 Å². The largest absolute Gasteiger partial charge is 0.329 e. The van der Waals surface area contributed by atoms with E-state index in [9.17, 15) is 4.79 Å². The predicted molar refractivity (Wildman–Crippen MR) is 107 cm³/mol. The Bertz CT molecular complexity index is 754. The number of aromatic nitrogens is 2. The van der Waals surface area contributed by atoms with E-state index in [2.05, 4.69) is 15.6 Å². The van der Waals surface area contributed by atoms with Crippen molar-refractivity contribution >= 4 is 35.8 Å². The molecule has 3 heterocycles. The Hall–Kier alpha value is -1.50. The fraction of sp³-hybridized carbons (Fsp3) is 0.474. The molecule has 2 unspecified atom stereocenters. The Balaban J connectivity index is 0.00000196. The lowest BCUT2D eigenvalue weighted by Crippen LogP contribution is -2.39. The van der Waals surface area contributed by atoms with Crippen molar-refractivity contribution in [3.05, 3.63) is 36.7 Å². The monoisotopic (exact) mass is 392 g/mol. The molecule has 2 fully saturated rings. The predicted octanol–water partition coefficient (Wildman–Crippen LogP) is 3.85. The molecule has 0 aliphatic carbocycles. The summed E-state index contributed by atoms with van der Waals surface area (Å²) in [6, 6.07) is 9.20. The molecule has 2 aliphatic heterocycles. The van der Waals surface area contributed by atoms with Gasteiger partial charge in [-0.15, -0.1) is 12.4 Å². The highest BCUT2D eigenvalue weighted by atomic mass is 35.5. The van der Waals surface area contributed by atoms with E-state index in [1.807, 2.05) is 42.1 Å². The van der Waals surface area contributed by atoms with E-state index < -0.39 is 0 Å². The number of halogens is 1. The normalized spacial score (nSPS) is 24.1. The number of anilines is 1. The Kier molecular flexibility index (Phi) is 6.27. The molecule has 26 heavy (non-hydrogen) atoms. The van der Waals surface area contributed by atoms with Crippen LogP contribution in [0.2, 0.25) is 0 Å². The first-order valence-electron chi connectivity index (χ1n) is 8.97. The van der Waals surface area contributed by atoms with Crippen molar-refractivity contribution in [2.75, 3.05) is 5.32 Å². The number of carbonyl (C=O) groups excluding carboxylic acids is 1. The van der Waals surface area contributed by atoms with E-state index in [1.165, 1.54) is 12.8 Å². The van der Waals surface area contributed by atoms with Crippen molar-refractivity contribution in [1.82, 2.24) is 14.9 Å². The molecule has 0 spiro atoms. The summed E-state index contributed by atoms with van der Waals surface area (Å²) in [5, 5.41) is 7.67. The molecule has 1 aromatic carbocycles. The average Bonchev–Trinajstić information content (AvgIpc) is 3.14. The van der Waals surface area contributed by atoms with Crippen LogP contribution >= 0.6 is 24.2 Å². The third kappa shape index (κ3) is 4.42. The summed E-state index contributed by atoms with van der Waals surface area (Å²) in [4.78, 5) is 18.0. The van der Waals surface area contributed by atoms with E-state index in [-0.39, 0.29) is 18.3 Å². The van der Waals surface area contributed by atoms with Crippen molar-refractivity contribution in [1.29, 1.82) is 0 Å². The van der Waals surface area contributed by atoms with Gasteiger partial charge in [0.05, 0.1) is 5.69 Å². The number of nitrogens with zero attached hydrogens (tertiary/aromatic N) is 2. The first-order chi connectivity index (χ1) is 12.2. The number of nitrogens with one attached hydrogen (secondary N) is 2. The van der Waals surface area contributed by atoms with Crippen molar-refractivity contribution < 1.29 is 4.79 Å². The highest BCUT2D eigenvalue weighted by molar-refractivity contribution is 7.99. The molecule has 1 amide bonds. The van der Waals surface area contributed by atoms with Crippen LogP contribution in [-0.2, 0) is 11.8 Å². The molecular formula is C19H25ClN4OS. The Morgan fingerprint density at radius 3 is 2.73 bits per heavy atom. The number of aryl methyl sites for hydroxylation is 1. The zero-order valence-electron chi connectivity index (χ0n) is 14.9. The number of imidazole rings is 1. The molecule has 5 nitrogen and oxygen atoms in total. The Morgan fingerprint density at radius 2 is 2.04 bits per heavy atom. The highest BCUT2D eigenvalue weighted by Crippen LogP contribution is 2.34. The number of amides is 1. The number of hydrogen-bond acceptors (Lipinski definition) is 4. The molecule has 0 saturated carbocycles. The first kappa shape index (κ1) is 19.3. The topological polar surface area (TPSA) is 59.0 Å². The summed E-state index contributed by atoms with van der Waals surface area (Å²) in [6.07, 6.45) is 9.14. The van der Waals surface area contributed by atoms with Crippen LogP contribution in [0, 0.1) is 5.92 Å². The van der Waals surface area contributed by atoms with E-state index in [0.717, 1.165) is 28.6 Å². The van der Waals surface area contributed by atoms with Gasteiger partial charge in [-0.2, -0.15) is 0 Å². The fourth-order valence-corrected chi connectivity index (χ4v) is 4.90. The van der Waals surface area contributed by atoms with Gasteiger partial charge in [0.2, 0.25) is 5.91 Å². The van der Waals surface area contributed by atoms with Crippen LogP contribution in [0.25, 0.3) is 0 Å². The molecule has 1 aromatic heterocycles. The quantitative estimate of drug-likeness (QED) is 0.811. The Labute approximate surface area is 164 Å². The van der Waals surface area contributed by atoms with Gasteiger partial charge in [0, 0.05) is 42.8 Å². The Morgan fingerprint density at radius 1 is 1.31 bits per heavy atom. The minimum atomic E-state index is 0. The molecule has 2 saturated heterocycles. The number of para-hydroxylation sites is 1. The summed E-state index contributed by atoms with van der Waals surface area (Å²) in [7, 11) is 1.97. The second-order valence-corrected chi connectivity index (χ2v) is 8.16. The van der Waals surface area contributed by atoms with Crippen LogP contribution < -0.4 is 10.6 Å². The zero-order chi connectivity index (χ0) is 17.2. The highest BCUT2D eigenvalue weighted by Gasteiger charge is 2.34. The molecule has 2 N–H and O–H groups in total. The second kappa shape index (κ2) is 8.46. The van der Waals surface area contributed by atoms with Gasteiger partial charge in [0.15, 0.2) is 5.16 Å². The van der Waals surface area contributed by atoms with E-state index in [1.54, 1.807) is 18.0 Å². The summed E-state index contributed by atoms with van der Waals surface area (Å²) < 4.78 is 1.98. The molecule has 2 bridgehead atoms. The summed E-state index contributed by atoms with van der Waals surface area (Å²) in [5.74, 6) is 0.632. The maximum atomic E-state index is 12.6. The second-order valence-electron chi connectivity index (χ2n) is 7.15. The van der Waals surface area contributed by atoms with Gasteiger partial charge in [-0.1, -0.05) is 12.1 Å². The van der Waals surface area contributed by atoms with E-state index in [4.69, 9.17) is 0 Å². The van der Waals surface area contributed by atoms with Gasteiger partial charge in [-0.25, -0.2) is 4.98 Å². The molecule has 2 aliphatic rings. The lowest BCUT2D eigenvalue weighted by atomic mass is 9.89. The third-order valence-corrected chi connectivity index (χ3v) is 6.34.